The van der Waals surface area contributed by atoms with E-state index in [1.807, 2.05) is 0 Å². The third kappa shape index (κ3) is 4.34. The Bertz CT molecular complexity index is 143. The van der Waals surface area contributed by atoms with E-state index in [-0.39, 0.29) is 0 Å². The fourth-order valence-corrected chi connectivity index (χ4v) is 1.03. The highest BCUT2D eigenvalue weighted by Crippen LogP contribution is 2.12. The average Bonchev–Trinajstić information content (AvgIpc) is 1.98. The number of nitrogens with two attached hydrogens (primary N) is 1. The third-order valence-electron chi connectivity index (χ3n) is 2.04. The predicted molar refractivity (Wildman–Crippen MR) is 49.0 cm³/mol. The highest BCUT2D eigenvalue weighted by atomic mass is 16.4. The highest BCUT2D eigenvalue weighted by molar-refractivity contribution is 5.77. The number of carboxylic acids is 1. The van der Waals surface area contributed by atoms with Gasteiger partial charge in [-0.3, -0.25) is 4.79 Å². The van der Waals surface area contributed by atoms with Gasteiger partial charge in [0.05, 0.1) is 0 Å². The maximum Gasteiger partial charge on any atom is 0.323 e. The molecule has 12 heavy (non-hydrogen) atoms. The number of hydrogen-bond acceptors (Lipinski definition) is 2. The Labute approximate surface area is 74.0 Å². The van der Waals surface area contributed by atoms with Gasteiger partial charge in [-0.2, -0.15) is 0 Å². The molecule has 0 aliphatic carbocycles. The second-order valence-electron chi connectivity index (χ2n) is 3.53. The second-order valence-corrected chi connectivity index (χ2v) is 3.53. The molecule has 3 heteroatoms. The molecule has 0 bridgehead atoms. The van der Waals surface area contributed by atoms with Crippen molar-refractivity contribution in [2.75, 3.05) is 0 Å². The zero-order valence-electron chi connectivity index (χ0n) is 7.97. The molecule has 1 atom stereocenters. The molecule has 0 fully saturated rings. The molecule has 0 spiro atoms. The number of carboxylic acid groups (broad SMARTS) is 1. The van der Waals surface area contributed by atoms with Gasteiger partial charge in [0.1, 0.15) is 5.54 Å². The molecule has 0 aliphatic rings. The highest BCUT2D eigenvalue weighted by Gasteiger charge is 2.26. The summed E-state index contributed by atoms with van der Waals surface area (Å²) in [6.45, 7) is 3.69. The SMILES string of the molecule is CCCCCC[C@@](C)(N)C(=O)O. The number of carbonyl (C=O) groups is 1. The Balaban J connectivity index is 3.54. The molecule has 0 aromatic rings. The van der Waals surface area contributed by atoms with E-state index in [0.29, 0.717) is 6.42 Å². The van der Waals surface area contributed by atoms with Crippen molar-refractivity contribution in [3.8, 4) is 0 Å². The lowest BCUT2D eigenvalue weighted by Crippen LogP contribution is -2.44. The fraction of sp³-hybridized carbons (Fsp3) is 0.889. The van der Waals surface area contributed by atoms with Crippen LogP contribution in [0.25, 0.3) is 0 Å². The predicted octanol–water partition coefficient (Wildman–Crippen LogP) is 1.76. The Morgan fingerprint density at radius 1 is 1.42 bits per heavy atom. The largest absolute Gasteiger partial charge is 0.480 e. The van der Waals surface area contributed by atoms with Gasteiger partial charge in [0, 0.05) is 0 Å². The molecule has 0 radical (unpaired) electrons. The number of unbranched alkanes of at least 4 members (excludes halogenated alkanes) is 3. The topological polar surface area (TPSA) is 63.3 Å². The minimum atomic E-state index is -1.03. The van der Waals surface area contributed by atoms with Crippen LogP contribution in [-0.4, -0.2) is 16.6 Å². The van der Waals surface area contributed by atoms with Gasteiger partial charge in [-0.25, -0.2) is 0 Å². The Morgan fingerprint density at radius 3 is 2.42 bits per heavy atom. The van der Waals surface area contributed by atoms with Gasteiger partial charge in [0.25, 0.3) is 0 Å². The van der Waals surface area contributed by atoms with Gasteiger partial charge in [0.15, 0.2) is 0 Å². The molecule has 0 heterocycles. The van der Waals surface area contributed by atoms with E-state index in [0.717, 1.165) is 25.7 Å². The van der Waals surface area contributed by atoms with Crippen LogP contribution in [0.3, 0.4) is 0 Å². The lowest BCUT2D eigenvalue weighted by molar-refractivity contribution is -0.142. The van der Waals surface area contributed by atoms with Gasteiger partial charge in [-0.1, -0.05) is 32.6 Å². The molecule has 3 N–H and O–H groups in total. The fourth-order valence-electron chi connectivity index (χ4n) is 1.03. The summed E-state index contributed by atoms with van der Waals surface area (Å²) in [5.74, 6) is -0.904. The van der Waals surface area contributed by atoms with Crippen LogP contribution in [0, 0.1) is 0 Å². The summed E-state index contributed by atoms with van der Waals surface area (Å²) in [4.78, 5) is 10.6. The monoisotopic (exact) mass is 173 g/mol. The van der Waals surface area contributed by atoms with E-state index >= 15 is 0 Å². The standard InChI is InChI=1S/C9H19NO2/c1-3-4-5-6-7-9(2,10)8(11)12/h3-7,10H2,1-2H3,(H,11,12)/t9-/m1/s1. The van der Waals surface area contributed by atoms with Gasteiger partial charge in [0.2, 0.25) is 0 Å². The van der Waals surface area contributed by atoms with E-state index in [1.165, 1.54) is 0 Å². The number of aliphatic carboxylic acids is 1. The molecule has 0 saturated carbocycles. The normalized spacial score (nSPS) is 15.6. The van der Waals surface area contributed by atoms with Crippen LogP contribution in [0.15, 0.2) is 0 Å². The van der Waals surface area contributed by atoms with Crippen molar-refractivity contribution in [1.29, 1.82) is 0 Å². The quantitative estimate of drug-likeness (QED) is 0.601. The summed E-state index contributed by atoms with van der Waals surface area (Å²) in [5.41, 5.74) is 4.51. The smallest absolute Gasteiger partial charge is 0.323 e. The van der Waals surface area contributed by atoms with Crippen LogP contribution in [-0.2, 0) is 4.79 Å². The minimum absolute atomic E-state index is 0.572. The number of rotatable bonds is 6. The first-order valence-electron chi connectivity index (χ1n) is 4.53. The minimum Gasteiger partial charge on any atom is -0.480 e. The molecule has 72 valence electrons. The number of hydrogen-bond donors (Lipinski definition) is 2. The van der Waals surface area contributed by atoms with Crippen molar-refractivity contribution in [3.63, 3.8) is 0 Å². The third-order valence-corrected chi connectivity index (χ3v) is 2.04. The molecule has 0 unspecified atom stereocenters. The summed E-state index contributed by atoms with van der Waals surface area (Å²) in [5, 5.41) is 8.67. The van der Waals surface area contributed by atoms with E-state index < -0.39 is 11.5 Å². The van der Waals surface area contributed by atoms with Crippen LogP contribution in [0.4, 0.5) is 0 Å². The van der Waals surface area contributed by atoms with Crippen LogP contribution in [0.5, 0.6) is 0 Å². The zero-order chi connectivity index (χ0) is 9.61. The Hall–Kier alpha value is -0.570. The molecule has 0 aromatic heterocycles. The van der Waals surface area contributed by atoms with Gasteiger partial charge >= 0.3 is 5.97 Å². The van der Waals surface area contributed by atoms with Crippen molar-refractivity contribution in [2.24, 2.45) is 5.73 Å². The van der Waals surface area contributed by atoms with Crippen molar-refractivity contribution in [2.45, 2.75) is 51.5 Å². The summed E-state index contributed by atoms with van der Waals surface area (Å²) in [6.07, 6.45) is 4.89. The van der Waals surface area contributed by atoms with E-state index in [9.17, 15) is 4.79 Å². The second kappa shape index (κ2) is 5.14. The first kappa shape index (κ1) is 11.4. The Kier molecular flexibility index (Phi) is 4.90. The Morgan fingerprint density at radius 2 is 2.00 bits per heavy atom. The average molecular weight is 173 g/mol. The van der Waals surface area contributed by atoms with Crippen molar-refractivity contribution in [1.82, 2.24) is 0 Å². The first-order valence-corrected chi connectivity index (χ1v) is 4.53. The molecule has 0 aromatic carbocycles. The molecule has 3 nitrogen and oxygen atoms in total. The lowest BCUT2D eigenvalue weighted by atomic mass is 9.96. The van der Waals surface area contributed by atoms with Crippen LogP contribution >= 0.6 is 0 Å². The molecular formula is C9H19NO2. The lowest BCUT2D eigenvalue weighted by Gasteiger charge is -2.18. The van der Waals surface area contributed by atoms with Crippen LogP contribution < -0.4 is 5.73 Å². The molecule has 0 aliphatic heterocycles. The van der Waals surface area contributed by atoms with Crippen LogP contribution in [0.2, 0.25) is 0 Å². The maximum atomic E-state index is 10.6. The molecule has 0 rings (SSSR count). The van der Waals surface area contributed by atoms with Crippen LogP contribution in [0.1, 0.15) is 46.0 Å². The summed E-state index contributed by atoms with van der Waals surface area (Å²) in [7, 11) is 0. The van der Waals surface area contributed by atoms with Crippen molar-refractivity contribution < 1.29 is 9.90 Å². The summed E-state index contributed by atoms with van der Waals surface area (Å²) in [6, 6.07) is 0. The van der Waals surface area contributed by atoms with E-state index in [2.05, 4.69) is 6.92 Å². The zero-order valence-corrected chi connectivity index (χ0v) is 7.97. The van der Waals surface area contributed by atoms with Crippen molar-refractivity contribution in [3.05, 3.63) is 0 Å². The van der Waals surface area contributed by atoms with Gasteiger partial charge in [-0.15, -0.1) is 0 Å². The summed E-state index contributed by atoms with van der Waals surface area (Å²) >= 11 is 0. The summed E-state index contributed by atoms with van der Waals surface area (Å²) < 4.78 is 0. The maximum absolute atomic E-state index is 10.6. The molecule has 0 amide bonds. The van der Waals surface area contributed by atoms with Gasteiger partial charge in [-0.05, 0) is 13.3 Å². The van der Waals surface area contributed by atoms with Gasteiger partial charge < -0.3 is 10.8 Å². The van der Waals surface area contributed by atoms with E-state index in [1.54, 1.807) is 6.92 Å². The first-order chi connectivity index (χ1) is 5.50. The van der Waals surface area contributed by atoms with Crippen molar-refractivity contribution >= 4 is 5.97 Å². The van der Waals surface area contributed by atoms with E-state index in [4.69, 9.17) is 10.8 Å². The molecular weight excluding hydrogens is 154 g/mol. The molecule has 0 saturated heterocycles.